The van der Waals surface area contributed by atoms with Gasteiger partial charge < -0.3 is 24.2 Å². The van der Waals surface area contributed by atoms with Crippen molar-refractivity contribution in [2.24, 2.45) is 11.8 Å². The molecule has 0 unspecified atom stereocenters. The summed E-state index contributed by atoms with van der Waals surface area (Å²) in [5, 5.41) is 2.62. The average Bonchev–Trinajstić information content (AvgIpc) is 3.48. The maximum atomic E-state index is 13.0. The van der Waals surface area contributed by atoms with Crippen molar-refractivity contribution < 1.29 is 37.0 Å². The number of halogens is 3. The number of rotatable bonds is 3. The van der Waals surface area contributed by atoms with Gasteiger partial charge in [-0.2, -0.15) is 0 Å². The number of ether oxygens (including phenoxy) is 2. The van der Waals surface area contributed by atoms with Gasteiger partial charge in [0.25, 0.3) is 0 Å². The van der Waals surface area contributed by atoms with E-state index in [1.165, 1.54) is 30.3 Å². The lowest BCUT2D eigenvalue weighted by atomic mass is 10.0. The number of likely N-dealkylation sites (tertiary alicyclic amines) is 2. The maximum absolute atomic E-state index is 13.0. The van der Waals surface area contributed by atoms with Crippen molar-refractivity contribution in [1.82, 2.24) is 20.0 Å². The third-order valence-corrected chi connectivity index (χ3v) is 6.63. The van der Waals surface area contributed by atoms with E-state index in [1.54, 1.807) is 26.9 Å². The summed E-state index contributed by atoms with van der Waals surface area (Å²) in [4.78, 5) is 42.2. The number of nitrogens with one attached hydrogen (secondary N) is 1. The number of amides is 4. The number of carbonyl (C=O) groups excluding carboxylic acids is 3. The number of hydrogen-bond acceptors (Lipinski definition) is 5. The molecule has 1 aromatic carbocycles. The number of carbonyl (C=O) groups is 3. The normalized spacial score (nSPS) is 25.8. The molecular weight excluding hydrogens is 469 g/mol. The predicted molar refractivity (Wildman–Crippen MR) is 116 cm³/mol. The molecule has 9 nitrogen and oxygen atoms in total. The SMILES string of the molecule is O=C1NC2=CCN(C(=O)N3C[C@H]4CN(C(=O)C=Cc5ccc(OC(F)(F)F)cc5)C[C@@H]4C3)C[C@H]2O1. The van der Waals surface area contributed by atoms with E-state index in [0.29, 0.717) is 50.5 Å². The molecule has 1 aromatic rings. The predicted octanol–water partition coefficient (Wildman–Crippen LogP) is 2.42. The summed E-state index contributed by atoms with van der Waals surface area (Å²) in [6.07, 6.45) is -0.965. The molecule has 3 atom stereocenters. The second-order valence-electron chi connectivity index (χ2n) is 8.98. The molecule has 5 rings (SSSR count). The fourth-order valence-electron chi connectivity index (χ4n) is 4.96. The lowest BCUT2D eigenvalue weighted by molar-refractivity contribution is -0.274. The van der Waals surface area contributed by atoms with Gasteiger partial charge in [-0.1, -0.05) is 12.1 Å². The summed E-state index contributed by atoms with van der Waals surface area (Å²) in [7, 11) is 0. The quantitative estimate of drug-likeness (QED) is 0.655. The minimum Gasteiger partial charge on any atom is -0.438 e. The Labute approximate surface area is 198 Å². The smallest absolute Gasteiger partial charge is 0.438 e. The van der Waals surface area contributed by atoms with Gasteiger partial charge in [0.2, 0.25) is 5.91 Å². The van der Waals surface area contributed by atoms with Crippen molar-refractivity contribution in [3.05, 3.63) is 47.7 Å². The van der Waals surface area contributed by atoms with Crippen molar-refractivity contribution >= 4 is 24.1 Å². The zero-order valence-electron chi connectivity index (χ0n) is 18.5. The number of alkyl carbamates (subject to hydrolysis) is 1. The monoisotopic (exact) mass is 492 g/mol. The van der Waals surface area contributed by atoms with E-state index in [2.05, 4.69) is 10.1 Å². The number of nitrogens with zero attached hydrogens (tertiary/aromatic N) is 3. The number of hydrogen-bond donors (Lipinski definition) is 1. The highest BCUT2D eigenvalue weighted by Gasteiger charge is 2.44. The molecule has 4 aliphatic heterocycles. The Morgan fingerprint density at radius 1 is 1.00 bits per heavy atom. The first-order valence-corrected chi connectivity index (χ1v) is 11.2. The van der Waals surface area contributed by atoms with Crippen LogP contribution in [0.25, 0.3) is 6.08 Å². The number of fused-ring (bicyclic) bond motifs is 2. The number of urea groups is 1. The molecule has 3 fully saturated rings. The van der Waals surface area contributed by atoms with Crippen LogP contribution in [0.5, 0.6) is 5.75 Å². The van der Waals surface area contributed by atoms with E-state index in [9.17, 15) is 27.6 Å². The minimum absolute atomic E-state index is 0.103. The van der Waals surface area contributed by atoms with E-state index < -0.39 is 18.6 Å². The van der Waals surface area contributed by atoms with Crippen molar-refractivity contribution in [1.29, 1.82) is 0 Å². The lowest BCUT2D eigenvalue weighted by Gasteiger charge is -2.32. The lowest BCUT2D eigenvalue weighted by Crippen LogP contribution is -2.48. The minimum atomic E-state index is -4.75. The van der Waals surface area contributed by atoms with Gasteiger partial charge in [-0.25, -0.2) is 9.59 Å². The molecule has 1 N–H and O–H groups in total. The van der Waals surface area contributed by atoms with Gasteiger partial charge >= 0.3 is 18.5 Å². The van der Waals surface area contributed by atoms with Crippen LogP contribution in [0.3, 0.4) is 0 Å². The highest BCUT2D eigenvalue weighted by Crippen LogP contribution is 2.32. The Morgan fingerprint density at radius 2 is 1.66 bits per heavy atom. The molecule has 186 valence electrons. The molecule has 0 aliphatic carbocycles. The fraction of sp³-hybridized carbons (Fsp3) is 0.435. The molecule has 0 aromatic heterocycles. The highest BCUT2D eigenvalue weighted by molar-refractivity contribution is 5.92. The summed E-state index contributed by atoms with van der Waals surface area (Å²) in [5.41, 5.74) is 1.27. The largest absolute Gasteiger partial charge is 0.573 e. The van der Waals surface area contributed by atoms with E-state index >= 15 is 0 Å². The van der Waals surface area contributed by atoms with E-state index in [1.807, 2.05) is 0 Å². The molecule has 0 spiro atoms. The zero-order chi connectivity index (χ0) is 24.7. The molecule has 0 saturated carbocycles. The standard InChI is InChI=1S/C23H23F3N4O5/c24-23(25,26)35-17-4-1-14(2-5-17)3-6-20(31)29-9-15-11-30(12-16(15)10-29)22(33)28-8-7-18-19(13-28)34-21(32)27-18/h1-7,15-16,19H,8-13H2,(H,27,32)/t15-,16-,19-/m1/s1. The molecule has 3 saturated heterocycles. The van der Waals surface area contributed by atoms with Crippen LogP contribution in [0, 0.1) is 11.8 Å². The van der Waals surface area contributed by atoms with Gasteiger partial charge in [-0.3, -0.25) is 10.1 Å². The Kier molecular flexibility index (Phi) is 5.81. The fourth-order valence-corrected chi connectivity index (χ4v) is 4.96. The Morgan fingerprint density at radius 3 is 2.31 bits per heavy atom. The Balaban J connectivity index is 1.11. The summed E-state index contributed by atoms with van der Waals surface area (Å²) in [5.74, 6) is -0.152. The summed E-state index contributed by atoms with van der Waals surface area (Å²) in [6.45, 7) is 2.88. The van der Waals surface area contributed by atoms with Gasteiger partial charge in [0.05, 0.1) is 12.2 Å². The second-order valence-corrected chi connectivity index (χ2v) is 8.98. The molecule has 4 heterocycles. The molecule has 0 radical (unpaired) electrons. The van der Waals surface area contributed by atoms with Gasteiger partial charge in [0.15, 0.2) is 6.10 Å². The van der Waals surface area contributed by atoms with Crippen molar-refractivity contribution in [3.8, 4) is 5.75 Å². The first kappa shape index (κ1) is 23.1. The van der Waals surface area contributed by atoms with Crippen molar-refractivity contribution in [3.63, 3.8) is 0 Å². The molecular formula is C23H23F3N4O5. The molecule has 12 heteroatoms. The van der Waals surface area contributed by atoms with Gasteiger partial charge in [0, 0.05) is 50.6 Å². The van der Waals surface area contributed by atoms with Gasteiger partial charge in [0.1, 0.15) is 5.75 Å². The van der Waals surface area contributed by atoms with Crippen LogP contribution in [0.1, 0.15) is 5.56 Å². The zero-order valence-corrected chi connectivity index (χ0v) is 18.5. The molecule has 4 amide bonds. The molecule has 0 bridgehead atoms. The first-order valence-electron chi connectivity index (χ1n) is 11.2. The van der Waals surface area contributed by atoms with Crippen LogP contribution in [0.2, 0.25) is 0 Å². The van der Waals surface area contributed by atoms with Crippen LogP contribution in [0.15, 0.2) is 42.1 Å². The first-order chi connectivity index (χ1) is 16.6. The van der Waals surface area contributed by atoms with E-state index in [4.69, 9.17) is 4.74 Å². The van der Waals surface area contributed by atoms with Crippen LogP contribution >= 0.6 is 0 Å². The molecule has 35 heavy (non-hydrogen) atoms. The summed E-state index contributed by atoms with van der Waals surface area (Å²) >= 11 is 0. The van der Waals surface area contributed by atoms with Gasteiger partial charge in [-0.05, 0) is 29.8 Å². The van der Waals surface area contributed by atoms with Crippen LogP contribution in [-0.4, -0.2) is 84.5 Å². The topological polar surface area (TPSA) is 91.4 Å². The van der Waals surface area contributed by atoms with Gasteiger partial charge in [-0.15, -0.1) is 13.2 Å². The summed E-state index contributed by atoms with van der Waals surface area (Å²) < 4.78 is 45.8. The molecule has 4 aliphatic rings. The second kappa shape index (κ2) is 8.82. The Bertz CT molecular complexity index is 1070. The van der Waals surface area contributed by atoms with Crippen LogP contribution < -0.4 is 10.1 Å². The number of benzene rings is 1. The van der Waals surface area contributed by atoms with Crippen LogP contribution in [-0.2, 0) is 9.53 Å². The van der Waals surface area contributed by atoms with Crippen LogP contribution in [0.4, 0.5) is 22.8 Å². The third-order valence-electron chi connectivity index (χ3n) is 6.63. The average molecular weight is 492 g/mol. The maximum Gasteiger partial charge on any atom is 0.573 e. The summed E-state index contributed by atoms with van der Waals surface area (Å²) in [6, 6.07) is 5.15. The third kappa shape index (κ3) is 5.05. The number of alkyl halides is 3. The highest BCUT2D eigenvalue weighted by atomic mass is 19.4. The van der Waals surface area contributed by atoms with Crippen molar-refractivity contribution in [2.45, 2.75) is 12.5 Å². The van der Waals surface area contributed by atoms with E-state index in [-0.39, 0.29) is 29.5 Å². The van der Waals surface area contributed by atoms with Crippen molar-refractivity contribution in [2.75, 3.05) is 39.3 Å². The van der Waals surface area contributed by atoms with E-state index in [0.717, 1.165) is 0 Å². The Hall–Kier alpha value is -3.70.